The summed E-state index contributed by atoms with van der Waals surface area (Å²) in [7, 11) is -10.3. The van der Waals surface area contributed by atoms with Crippen LogP contribution in [0.1, 0.15) is 0 Å². The van der Waals surface area contributed by atoms with E-state index in [4.69, 9.17) is 35.0 Å². The third-order valence-electron chi connectivity index (χ3n) is 0. The predicted octanol–water partition coefficient (Wildman–Crippen LogP) is -8.67. The van der Waals surface area contributed by atoms with Gasteiger partial charge in [0.05, 0.1) is 0 Å². The molecule has 0 aliphatic rings. The maximum Gasteiger partial charge on any atom is 2.00 e. The summed E-state index contributed by atoms with van der Waals surface area (Å²) in [6, 6.07) is 0. The summed E-state index contributed by atoms with van der Waals surface area (Å²) in [6.45, 7) is 0. The van der Waals surface area contributed by atoms with Gasteiger partial charge in [0.1, 0.15) is 0 Å². The Morgan fingerprint density at radius 2 is 0.615 bits per heavy atom. The zero-order valence-electron chi connectivity index (χ0n) is 6.79. The van der Waals surface area contributed by atoms with Crippen LogP contribution in [-0.4, -0.2) is 35.0 Å². The second-order valence-electron chi connectivity index (χ2n) is 0.816. The molecule has 0 heterocycles. The van der Waals surface area contributed by atoms with E-state index in [0.717, 1.165) is 0 Å². The van der Waals surface area contributed by atoms with Crippen LogP contribution in [0.4, 0.5) is 0 Å². The number of hydrogen-bond acceptors (Lipinski definition) is 8. The van der Waals surface area contributed by atoms with E-state index in [-0.39, 0.29) is 78.6 Å². The molecule has 0 aromatic rings. The molecular formula is Na2O8S2Zn. The standard InChI is InChI=1S/2Na.2H2O4S.Zn/c;;2*1-5(2,3)4;/h;;2*(H2,1,2,3,4);/q2*+1;;;+2/p-4. The fourth-order valence-electron chi connectivity index (χ4n) is 0. The predicted molar refractivity (Wildman–Crippen MR) is 20.9 cm³/mol. The molecule has 0 spiro atoms. The maximum atomic E-state index is 8.52. The Kier molecular flexibility index (Phi) is 28.2. The Morgan fingerprint density at radius 3 is 0.615 bits per heavy atom. The molecule has 8 nitrogen and oxygen atoms in total. The molecule has 0 saturated heterocycles. The Balaban J connectivity index is -0.0000000267. The molecular weight excluding hydrogens is 303 g/mol. The van der Waals surface area contributed by atoms with Crippen molar-refractivity contribution in [3.05, 3.63) is 0 Å². The maximum absolute atomic E-state index is 8.52. The Bertz CT molecular complexity index is 217. The van der Waals surface area contributed by atoms with Crippen LogP contribution < -0.4 is 59.1 Å². The van der Waals surface area contributed by atoms with Gasteiger partial charge in [-0.1, -0.05) is 0 Å². The summed E-state index contributed by atoms with van der Waals surface area (Å²) in [5.41, 5.74) is 0. The second-order valence-corrected chi connectivity index (χ2v) is 2.45. The minimum atomic E-state index is -5.17. The fourth-order valence-corrected chi connectivity index (χ4v) is 0. The molecule has 13 heavy (non-hydrogen) atoms. The summed E-state index contributed by atoms with van der Waals surface area (Å²) in [4.78, 5) is 0. The normalized spacial score (nSPS) is 8.92. The van der Waals surface area contributed by atoms with Crippen molar-refractivity contribution in [1.29, 1.82) is 0 Å². The van der Waals surface area contributed by atoms with E-state index in [0.29, 0.717) is 0 Å². The molecule has 0 aliphatic heterocycles. The van der Waals surface area contributed by atoms with Crippen molar-refractivity contribution in [2.45, 2.75) is 0 Å². The molecule has 13 heteroatoms. The zero-order valence-corrected chi connectivity index (χ0v) is 15.4. The molecule has 0 rings (SSSR count). The smallest absolute Gasteiger partial charge is 0.759 e. The minimum absolute atomic E-state index is 0. The third-order valence-corrected chi connectivity index (χ3v) is 0. The summed E-state index contributed by atoms with van der Waals surface area (Å²) < 4.78 is 68.2. The molecule has 0 saturated carbocycles. The molecule has 64 valence electrons. The average Bonchev–Trinajstić information content (AvgIpc) is 1.12. The van der Waals surface area contributed by atoms with Gasteiger partial charge >= 0.3 is 78.6 Å². The quantitative estimate of drug-likeness (QED) is 0.242. The first-order chi connectivity index (χ1) is 4.00. The van der Waals surface area contributed by atoms with E-state index in [1.54, 1.807) is 0 Å². The summed E-state index contributed by atoms with van der Waals surface area (Å²) >= 11 is 0. The average molecular weight is 303 g/mol. The van der Waals surface area contributed by atoms with Crippen LogP contribution >= 0.6 is 0 Å². The van der Waals surface area contributed by atoms with E-state index in [2.05, 4.69) is 0 Å². The van der Waals surface area contributed by atoms with Crippen molar-refractivity contribution < 1.29 is 114 Å². The topological polar surface area (TPSA) is 161 Å². The summed E-state index contributed by atoms with van der Waals surface area (Å²) in [5.74, 6) is 0. The molecule has 0 atom stereocenters. The van der Waals surface area contributed by atoms with Crippen LogP contribution in [0.2, 0.25) is 0 Å². The molecule has 0 radical (unpaired) electrons. The van der Waals surface area contributed by atoms with Gasteiger partial charge in [-0.3, -0.25) is 16.8 Å². The van der Waals surface area contributed by atoms with E-state index in [9.17, 15) is 0 Å². The van der Waals surface area contributed by atoms with Crippen LogP contribution in [0, 0.1) is 0 Å². The van der Waals surface area contributed by atoms with Gasteiger partial charge < -0.3 is 18.2 Å². The molecule has 0 bridgehead atoms. The minimum Gasteiger partial charge on any atom is -0.759 e. The monoisotopic (exact) mass is 302 g/mol. The Labute approximate surface area is 132 Å². The van der Waals surface area contributed by atoms with Crippen LogP contribution in [0.25, 0.3) is 0 Å². The molecule has 0 aliphatic carbocycles. The second kappa shape index (κ2) is 12.4. The molecule has 0 amide bonds. The van der Waals surface area contributed by atoms with Gasteiger partial charge in [-0.25, -0.2) is 0 Å². The molecule has 0 fully saturated rings. The molecule has 0 unspecified atom stereocenters. The van der Waals surface area contributed by atoms with Crippen molar-refractivity contribution in [1.82, 2.24) is 0 Å². The largest absolute Gasteiger partial charge is 2.00 e. The van der Waals surface area contributed by atoms with Crippen molar-refractivity contribution in [3.63, 3.8) is 0 Å². The SMILES string of the molecule is O=S(=O)([O-])[O-].O=S(=O)([O-])[O-].[Na+].[Na+].[Zn+2]. The van der Waals surface area contributed by atoms with E-state index in [1.807, 2.05) is 0 Å². The number of hydrogen-bond donors (Lipinski definition) is 0. The van der Waals surface area contributed by atoms with Crippen molar-refractivity contribution in [2.24, 2.45) is 0 Å². The van der Waals surface area contributed by atoms with Crippen molar-refractivity contribution in [3.8, 4) is 0 Å². The van der Waals surface area contributed by atoms with Crippen LogP contribution in [-0.2, 0) is 40.3 Å². The summed E-state index contributed by atoms with van der Waals surface area (Å²) in [6.07, 6.45) is 0. The van der Waals surface area contributed by atoms with Gasteiger partial charge in [0, 0.05) is 20.8 Å². The molecule has 0 N–H and O–H groups in total. The Hall–Kier alpha value is 2.36. The van der Waals surface area contributed by atoms with Crippen LogP contribution in [0.3, 0.4) is 0 Å². The van der Waals surface area contributed by atoms with Crippen LogP contribution in [0.15, 0.2) is 0 Å². The fraction of sp³-hybridized carbons (Fsp3) is 0. The third kappa shape index (κ3) is 393. The van der Waals surface area contributed by atoms with Crippen molar-refractivity contribution in [2.75, 3.05) is 0 Å². The molecule has 0 aromatic carbocycles. The van der Waals surface area contributed by atoms with E-state index < -0.39 is 20.8 Å². The first-order valence-corrected chi connectivity index (χ1v) is 4.00. The Morgan fingerprint density at radius 1 is 0.615 bits per heavy atom. The van der Waals surface area contributed by atoms with Gasteiger partial charge in [0.25, 0.3) is 0 Å². The first-order valence-electron chi connectivity index (χ1n) is 1.33. The number of rotatable bonds is 0. The van der Waals surface area contributed by atoms with Gasteiger partial charge in [0.2, 0.25) is 0 Å². The van der Waals surface area contributed by atoms with Gasteiger partial charge in [-0.05, 0) is 0 Å². The molecule has 0 aromatic heterocycles. The van der Waals surface area contributed by atoms with Crippen molar-refractivity contribution >= 4 is 20.8 Å². The first kappa shape index (κ1) is 29.5. The van der Waals surface area contributed by atoms with E-state index >= 15 is 0 Å². The zero-order chi connectivity index (χ0) is 9.00. The van der Waals surface area contributed by atoms with E-state index in [1.165, 1.54) is 0 Å². The van der Waals surface area contributed by atoms with Crippen LogP contribution in [0.5, 0.6) is 0 Å². The van der Waals surface area contributed by atoms with Gasteiger partial charge in [0.15, 0.2) is 0 Å². The van der Waals surface area contributed by atoms with Gasteiger partial charge in [-0.2, -0.15) is 0 Å². The summed E-state index contributed by atoms with van der Waals surface area (Å²) in [5, 5.41) is 0. The van der Waals surface area contributed by atoms with Gasteiger partial charge in [-0.15, -0.1) is 0 Å².